The molecule has 4 aromatic carbocycles. The van der Waals surface area contributed by atoms with E-state index in [1.807, 2.05) is 0 Å². The highest BCUT2D eigenvalue weighted by Gasteiger charge is 2.57. The summed E-state index contributed by atoms with van der Waals surface area (Å²) in [6, 6.07) is 20.9. The van der Waals surface area contributed by atoms with Gasteiger partial charge < -0.3 is 40.0 Å². The molecular formula is C37H44N4O4. The minimum atomic E-state index is -0.769. The zero-order chi connectivity index (χ0) is 31.6. The molecule has 8 rings (SSSR count). The fourth-order valence-electron chi connectivity index (χ4n) is 9.09. The van der Waals surface area contributed by atoms with Crippen molar-refractivity contribution in [2.24, 2.45) is 11.8 Å². The van der Waals surface area contributed by atoms with Gasteiger partial charge in [-0.15, -0.1) is 0 Å². The van der Waals surface area contributed by atoms with Gasteiger partial charge in [-0.3, -0.25) is 0 Å². The van der Waals surface area contributed by atoms with Crippen LogP contribution in [0.5, 0.6) is 0 Å². The van der Waals surface area contributed by atoms with Crippen molar-refractivity contribution in [2.75, 3.05) is 47.8 Å². The van der Waals surface area contributed by atoms with Gasteiger partial charge in [-0.05, 0) is 54.3 Å². The summed E-state index contributed by atoms with van der Waals surface area (Å²) in [5.74, 6) is -1.70. The van der Waals surface area contributed by atoms with Gasteiger partial charge in [0.15, 0.2) is 0 Å². The van der Waals surface area contributed by atoms with Crippen molar-refractivity contribution in [2.45, 2.75) is 68.9 Å². The van der Waals surface area contributed by atoms with Crippen molar-refractivity contribution in [3.63, 3.8) is 0 Å². The number of benzene rings is 4. The van der Waals surface area contributed by atoms with E-state index in [0.29, 0.717) is 6.42 Å². The van der Waals surface area contributed by atoms with Crippen LogP contribution in [-0.2, 0) is 0 Å². The zero-order valence-corrected chi connectivity index (χ0v) is 26.8. The first-order valence-electron chi connectivity index (χ1n) is 16.3. The first-order chi connectivity index (χ1) is 21.5. The van der Waals surface area contributed by atoms with Crippen molar-refractivity contribution < 1.29 is 20.4 Å². The van der Waals surface area contributed by atoms with Crippen LogP contribution in [0.15, 0.2) is 60.7 Å². The molecule has 4 aliphatic rings. The largest absolute Gasteiger partial charge is 0.392 e. The normalized spacial score (nSPS) is 33.9. The molecule has 2 aliphatic carbocycles. The molecule has 2 aliphatic heterocycles. The Labute approximate surface area is 264 Å². The SMILES string of the molecule is CC1N(C)c2cccc3ccc(C4C(O)C(CC5C(O)C(c6ccc7cccc8c7c6N(C)C(C)N8C)C5O)C4O)c(c23)N1C. The summed E-state index contributed by atoms with van der Waals surface area (Å²) >= 11 is 0. The predicted molar refractivity (Wildman–Crippen MR) is 182 cm³/mol. The molecule has 2 saturated carbocycles. The van der Waals surface area contributed by atoms with Crippen LogP contribution in [0.4, 0.5) is 22.7 Å². The van der Waals surface area contributed by atoms with Gasteiger partial charge in [-0.25, -0.2) is 0 Å². The lowest BCUT2D eigenvalue weighted by Crippen LogP contribution is -2.60. The molecule has 0 radical (unpaired) electrons. The highest BCUT2D eigenvalue weighted by atomic mass is 16.3. The van der Waals surface area contributed by atoms with Gasteiger partial charge in [0.1, 0.15) is 0 Å². The van der Waals surface area contributed by atoms with E-state index in [-0.39, 0.29) is 12.3 Å². The smallest absolute Gasteiger partial charge is 0.0981 e. The summed E-state index contributed by atoms with van der Waals surface area (Å²) < 4.78 is 0. The Kier molecular flexibility index (Phi) is 6.40. The second-order valence-corrected chi connectivity index (χ2v) is 14.0. The van der Waals surface area contributed by atoms with Crippen LogP contribution in [0.3, 0.4) is 0 Å². The molecule has 4 aromatic rings. The second kappa shape index (κ2) is 9.97. The van der Waals surface area contributed by atoms with Gasteiger partial charge in [-0.1, -0.05) is 48.5 Å². The Morgan fingerprint density at radius 1 is 0.511 bits per heavy atom. The highest BCUT2D eigenvalue weighted by Crippen LogP contribution is 2.56. The predicted octanol–water partition coefficient (Wildman–Crippen LogP) is 4.42. The number of aliphatic hydroxyl groups is 4. The Bertz CT molecular complexity index is 1680. The number of nitrogens with zero attached hydrogens (tertiary/aromatic N) is 4. The first kappa shape index (κ1) is 28.9. The third-order valence-electron chi connectivity index (χ3n) is 12.3. The molecular weight excluding hydrogens is 564 g/mol. The van der Waals surface area contributed by atoms with E-state index in [4.69, 9.17) is 0 Å². The van der Waals surface area contributed by atoms with E-state index in [1.54, 1.807) is 0 Å². The van der Waals surface area contributed by atoms with Crippen LogP contribution in [0.1, 0.15) is 43.2 Å². The Morgan fingerprint density at radius 3 is 1.27 bits per heavy atom. The fourth-order valence-corrected chi connectivity index (χ4v) is 9.09. The summed E-state index contributed by atoms with van der Waals surface area (Å²) in [5.41, 5.74) is 6.32. The molecule has 0 bridgehead atoms. The minimum absolute atomic E-state index is 0.116. The van der Waals surface area contributed by atoms with Gasteiger partial charge >= 0.3 is 0 Å². The molecule has 6 atom stereocenters. The fraction of sp³-hybridized carbons (Fsp3) is 0.459. The molecule has 0 amide bonds. The topological polar surface area (TPSA) is 93.9 Å². The van der Waals surface area contributed by atoms with Crippen LogP contribution in [-0.4, -0.2) is 85.4 Å². The molecule has 0 aromatic heterocycles. The van der Waals surface area contributed by atoms with Crippen molar-refractivity contribution in [1.82, 2.24) is 0 Å². The maximum Gasteiger partial charge on any atom is 0.0981 e. The molecule has 0 saturated heterocycles. The summed E-state index contributed by atoms with van der Waals surface area (Å²) in [6.45, 7) is 4.32. The lowest BCUT2D eigenvalue weighted by molar-refractivity contribution is -0.168. The monoisotopic (exact) mass is 608 g/mol. The van der Waals surface area contributed by atoms with Gasteiger partial charge in [0.2, 0.25) is 0 Å². The van der Waals surface area contributed by atoms with Crippen molar-refractivity contribution in [1.29, 1.82) is 0 Å². The summed E-state index contributed by atoms with van der Waals surface area (Å²) in [4.78, 5) is 8.98. The summed E-state index contributed by atoms with van der Waals surface area (Å²) in [6.07, 6.45) is -2.48. The molecule has 6 unspecified atom stereocenters. The quantitative estimate of drug-likeness (QED) is 0.271. The molecule has 0 spiro atoms. The average Bonchev–Trinajstić information content (AvgIpc) is 3.04. The molecule has 236 valence electrons. The maximum atomic E-state index is 11.6. The van der Waals surface area contributed by atoms with Crippen LogP contribution >= 0.6 is 0 Å². The van der Waals surface area contributed by atoms with Crippen molar-refractivity contribution >= 4 is 44.3 Å². The molecule has 45 heavy (non-hydrogen) atoms. The third kappa shape index (κ3) is 3.74. The average molecular weight is 609 g/mol. The lowest BCUT2D eigenvalue weighted by Gasteiger charge is -2.54. The van der Waals surface area contributed by atoms with E-state index in [9.17, 15) is 20.4 Å². The van der Waals surface area contributed by atoms with Crippen LogP contribution < -0.4 is 19.6 Å². The van der Waals surface area contributed by atoms with Gasteiger partial charge in [0.05, 0.1) is 48.1 Å². The number of hydrogen-bond donors (Lipinski definition) is 4. The molecule has 8 heteroatoms. The van der Waals surface area contributed by atoms with Crippen molar-refractivity contribution in [3.05, 3.63) is 71.8 Å². The number of rotatable bonds is 4. The van der Waals surface area contributed by atoms with Crippen LogP contribution in [0, 0.1) is 11.8 Å². The van der Waals surface area contributed by atoms with E-state index in [1.165, 1.54) is 0 Å². The highest BCUT2D eigenvalue weighted by molar-refractivity contribution is 6.08. The van der Waals surface area contributed by atoms with Crippen LogP contribution in [0.2, 0.25) is 0 Å². The summed E-state index contributed by atoms with van der Waals surface area (Å²) in [5, 5.41) is 50.8. The third-order valence-corrected chi connectivity index (χ3v) is 12.3. The van der Waals surface area contributed by atoms with Crippen LogP contribution in [0.25, 0.3) is 21.5 Å². The number of anilines is 4. The first-order valence-corrected chi connectivity index (χ1v) is 16.3. The Morgan fingerprint density at radius 2 is 0.889 bits per heavy atom. The standard InChI is InChI=1S/C37H44N4O4/c1-18-38(3)26-11-7-9-20-13-15-22(32(28(20)26)40(18)5)30-34(42)24(35(30)43)17-25-36(44)31(37(25)45)23-16-14-21-10-8-12-27-29(21)33(23)41(6)19(2)39(27)4/h7-16,18-19,24-25,30-31,34-37,42-45H,17H2,1-6H3. The maximum absolute atomic E-state index is 11.6. The zero-order valence-electron chi connectivity index (χ0n) is 26.8. The van der Waals surface area contributed by atoms with Gasteiger partial charge in [0, 0.05) is 74.0 Å². The number of aliphatic hydroxyl groups excluding tert-OH is 4. The second-order valence-electron chi connectivity index (χ2n) is 14.0. The van der Waals surface area contributed by atoms with E-state index in [2.05, 4.69) is 122 Å². The summed E-state index contributed by atoms with van der Waals surface area (Å²) in [7, 11) is 8.34. The molecule has 4 N–H and O–H groups in total. The Hall–Kier alpha value is -3.56. The molecule has 8 nitrogen and oxygen atoms in total. The van der Waals surface area contributed by atoms with E-state index in [0.717, 1.165) is 55.4 Å². The van der Waals surface area contributed by atoms with Crippen molar-refractivity contribution in [3.8, 4) is 0 Å². The van der Waals surface area contributed by atoms with E-state index < -0.39 is 48.1 Å². The molecule has 2 fully saturated rings. The molecule has 2 heterocycles. The van der Waals surface area contributed by atoms with Gasteiger partial charge in [0.25, 0.3) is 0 Å². The Balaban J connectivity index is 1.07. The minimum Gasteiger partial charge on any atom is -0.392 e. The van der Waals surface area contributed by atoms with E-state index >= 15 is 0 Å². The number of hydrogen-bond acceptors (Lipinski definition) is 8. The lowest BCUT2D eigenvalue weighted by atomic mass is 9.56. The van der Waals surface area contributed by atoms with Gasteiger partial charge in [-0.2, -0.15) is 0 Å².